The lowest BCUT2D eigenvalue weighted by atomic mass is 10.2. The number of carbonyl (C=O) groups is 1. The van der Waals surface area contributed by atoms with Gasteiger partial charge in [-0.15, -0.1) is 11.3 Å². The van der Waals surface area contributed by atoms with E-state index in [1.807, 2.05) is 17.5 Å². The molecular formula is C23H24N4O5S3. The highest BCUT2D eigenvalue weighted by Gasteiger charge is 2.43. The molecule has 2 aromatic carbocycles. The second-order valence-corrected chi connectivity index (χ2v) is 12.5. The van der Waals surface area contributed by atoms with E-state index in [2.05, 4.69) is 10.5 Å². The molecule has 1 aliphatic rings. The lowest BCUT2D eigenvalue weighted by Gasteiger charge is -2.38. The minimum atomic E-state index is -4.07. The highest BCUT2D eigenvalue weighted by atomic mass is 32.2. The maximum Gasteiger partial charge on any atom is 0.259 e. The van der Waals surface area contributed by atoms with Crippen LogP contribution in [0.25, 0.3) is 0 Å². The largest absolute Gasteiger partial charge is 0.271 e. The summed E-state index contributed by atoms with van der Waals surface area (Å²) < 4.78 is 55.4. The zero-order valence-electron chi connectivity index (χ0n) is 18.8. The Morgan fingerprint density at radius 1 is 0.886 bits per heavy atom. The monoisotopic (exact) mass is 532 g/mol. The first-order chi connectivity index (χ1) is 16.7. The van der Waals surface area contributed by atoms with E-state index in [1.165, 1.54) is 35.6 Å². The summed E-state index contributed by atoms with van der Waals surface area (Å²) in [7, 11) is -8.00. The van der Waals surface area contributed by atoms with Crippen LogP contribution in [-0.2, 0) is 24.8 Å². The molecule has 0 bridgehead atoms. The molecule has 4 rings (SSSR count). The summed E-state index contributed by atoms with van der Waals surface area (Å²) in [4.78, 5) is 14.2. The Hall–Kier alpha value is -2.90. The lowest BCUT2D eigenvalue weighted by Crippen LogP contribution is -2.60. The average Bonchev–Trinajstić information content (AvgIpc) is 3.43. The molecule has 9 nitrogen and oxygen atoms in total. The fourth-order valence-corrected chi connectivity index (χ4v) is 7.41. The van der Waals surface area contributed by atoms with Crippen molar-refractivity contribution in [3.8, 4) is 0 Å². The van der Waals surface area contributed by atoms with Gasteiger partial charge in [0.05, 0.1) is 15.5 Å². The van der Waals surface area contributed by atoms with E-state index >= 15 is 0 Å². The highest BCUT2D eigenvalue weighted by molar-refractivity contribution is 7.89. The van der Waals surface area contributed by atoms with Crippen LogP contribution in [0.1, 0.15) is 11.8 Å². The first-order valence-corrected chi connectivity index (χ1v) is 14.5. The molecule has 1 amide bonds. The number of benzene rings is 2. The maximum atomic E-state index is 13.4. The van der Waals surface area contributed by atoms with Crippen molar-refractivity contribution in [3.05, 3.63) is 83.1 Å². The van der Waals surface area contributed by atoms with E-state index in [-0.39, 0.29) is 29.4 Å². The number of nitrogens with zero attached hydrogens (tertiary/aromatic N) is 3. The normalized spacial score (nSPS) is 18.3. The third-order valence-corrected chi connectivity index (χ3v) is 10.3. The number of amides is 1. The Morgan fingerprint density at radius 2 is 1.49 bits per heavy atom. The first-order valence-electron chi connectivity index (χ1n) is 10.7. The highest BCUT2D eigenvalue weighted by Crippen LogP contribution is 2.25. The number of hydrogen-bond acceptors (Lipinski definition) is 7. The Morgan fingerprint density at radius 3 is 2.06 bits per heavy atom. The second-order valence-electron chi connectivity index (χ2n) is 7.77. The molecule has 0 aliphatic carbocycles. The van der Waals surface area contributed by atoms with Gasteiger partial charge in [0.2, 0.25) is 20.0 Å². The number of nitrogens with one attached hydrogen (secondary N) is 1. The number of rotatable bonds is 7. The van der Waals surface area contributed by atoms with Crippen LogP contribution in [-0.4, -0.2) is 62.7 Å². The van der Waals surface area contributed by atoms with Crippen LogP contribution < -0.4 is 5.43 Å². The van der Waals surface area contributed by atoms with E-state index in [1.54, 1.807) is 43.3 Å². The second kappa shape index (κ2) is 10.4. The third-order valence-electron chi connectivity index (χ3n) is 5.54. The third kappa shape index (κ3) is 5.36. The SMILES string of the molecule is C/C(=N/NC(=O)[C@@H]1CN(S(=O)(=O)c2ccccc2)CCN1S(=O)(=O)c1ccccc1)c1cccs1. The molecule has 1 saturated heterocycles. The van der Waals surface area contributed by atoms with Gasteiger partial charge in [-0.25, -0.2) is 22.3 Å². The van der Waals surface area contributed by atoms with Gasteiger partial charge in [0.1, 0.15) is 6.04 Å². The Kier molecular flexibility index (Phi) is 7.47. The van der Waals surface area contributed by atoms with Gasteiger partial charge < -0.3 is 0 Å². The zero-order chi connectivity index (χ0) is 25.1. The molecule has 12 heteroatoms. The smallest absolute Gasteiger partial charge is 0.259 e. The molecule has 0 unspecified atom stereocenters. The molecule has 1 fully saturated rings. The fraction of sp³-hybridized carbons (Fsp3) is 0.217. The van der Waals surface area contributed by atoms with Crippen LogP contribution in [0.5, 0.6) is 0 Å². The lowest BCUT2D eigenvalue weighted by molar-refractivity contribution is -0.125. The molecule has 0 spiro atoms. The summed E-state index contributed by atoms with van der Waals surface area (Å²) in [5.41, 5.74) is 2.99. The minimum absolute atomic E-state index is 0.0235. The fourth-order valence-electron chi connectivity index (χ4n) is 3.68. The Labute approximate surface area is 208 Å². The van der Waals surface area contributed by atoms with Gasteiger partial charge in [0.25, 0.3) is 5.91 Å². The van der Waals surface area contributed by atoms with Crippen LogP contribution in [0.2, 0.25) is 0 Å². The van der Waals surface area contributed by atoms with Crippen LogP contribution >= 0.6 is 11.3 Å². The van der Waals surface area contributed by atoms with E-state index in [0.29, 0.717) is 5.71 Å². The molecule has 1 N–H and O–H groups in total. The van der Waals surface area contributed by atoms with Gasteiger partial charge in [-0.2, -0.15) is 13.7 Å². The number of hydrogen-bond donors (Lipinski definition) is 1. The summed E-state index contributed by atoms with van der Waals surface area (Å²) >= 11 is 1.45. The molecule has 1 aliphatic heterocycles. The van der Waals surface area contributed by atoms with Crippen molar-refractivity contribution in [1.82, 2.24) is 14.0 Å². The average molecular weight is 533 g/mol. The maximum absolute atomic E-state index is 13.4. The van der Waals surface area contributed by atoms with Gasteiger partial charge in [0.15, 0.2) is 0 Å². The van der Waals surface area contributed by atoms with E-state index in [0.717, 1.165) is 13.5 Å². The molecule has 2 heterocycles. The van der Waals surface area contributed by atoms with E-state index in [4.69, 9.17) is 0 Å². The molecule has 3 aromatic rings. The van der Waals surface area contributed by atoms with Crippen LogP contribution in [0.4, 0.5) is 0 Å². The topological polar surface area (TPSA) is 116 Å². The van der Waals surface area contributed by atoms with E-state index in [9.17, 15) is 21.6 Å². The standard InChI is InChI=1S/C23H24N4O5S3/c1-18(22-13-8-16-33-22)24-25-23(28)21-17-26(34(29,30)19-9-4-2-5-10-19)14-15-27(21)35(31,32)20-11-6-3-7-12-20/h2-13,16,21H,14-15,17H2,1H3,(H,25,28)/b24-18-/t21-/m0/s1. The van der Waals surface area contributed by atoms with Crippen molar-refractivity contribution < 1.29 is 21.6 Å². The molecule has 35 heavy (non-hydrogen) atoms. The van der Waals surface area contributed by atoms with Crippen molar-refractivity contribution in [2.24, 2.45) is 5.10 Å². The van der Waals surface area contributed by atoms with Crippen molar-refractivity contribution in [2.45, 2.75) is 22.8 Å². The summed E-state index contributed by atoms with van der Waals surface area (Å²) in [6, 6.07) is 18.0. The molecule has 0 saturated carbocycles. The number of piperazine rings is 1. The van der Waals surface area contributed by atoms with Gasteiger partial charge in [0, 0.05) is 24.5 Å². The van der Waals surface area contributed by atoms with Gasteiger partial charge in [-0.05, 0) is 42.6 Å². The zero-order valence-corrected chi connectivity index (χ0v) is 21.3. The molecule has 0 radical (unpaired) electrons. The number of sulfonamides is 2. The van der Waals surface area contributed by atoms with Crippen LogP contribution in [0.3, 0.4) is 0 Å². The van der Waals surface area contributed by atoms with Crippen LogP contribution in [0.15, 0.2) is 93.1 Å². The quantitative estimate of drug-likeness (QED) is 0.370. The van der Waals surface area contributed by atoms with Crippen molar-refractivity contribution in [2.75, 3.05) is 19.6 Å². The predicted molar refractivity (Wildman–Crippen MR) is 134 cm³/mol. The Bertz CT molecular complexity index is 1410. The Balaban J connectivity index is 1.65. The van der Waals surface area contributed by atoms with Gasteiger partial charge in [-0.3, -0.25) is 4.79 Å². The summed E-state index contributed by atoms with van der Waals surface area (Å²) in [6.07, 6.45) is 0. The molecule has 1 atom stereocenters. The summed E-state index contributed by atoms with van der Waals surface area (Å²) in [6.45, 7) is 1.10. The number of hydrazone groups is 1. The van der Waals surface area contributed by atoms with Crippen LogP contribution in [0, 0.1) is 0 Å². The van der Waals surface area contributed by atoms with Gasteiger partial charge >= 0.3 is 0 Å². The van der Waals surface area contributed by atoms with Crippen molar-refractivity contribution >= 4 is 43.0 Å². The predicted octanol–water partition coefficient (Wildman–Crippen LogP) is 2.35. The molecular weight excluding hydrogens is 508 g/mol. The first kappa shape index (κ1) is 25.2. The summed E-state index contributed by atoms with van der Waals surface area (Å²) in [5, 5.41) is 5.99. The van der Waals surface area contributed by atoms with Gasteiger partial charge in [-0.1, -0.05) is 42.5 Å². The summed E-state index contributed by atoms with van der Waals surface area (Å²) in [5.74, 6) is -0.714. The van der Waals surface area contributed by atoms with Crippen molar-refractivity contribution in [1.29, 1.82) is 0 Å². The van der Waals surface area contributed by atoms with E-state index < -0.39 is 32.0 Å². The number of carbonyl (C=O) groups excluding carboxylic acids is 1. The minimum Gasteiger partial charge on any atom is -0.271 e. The molecule has 184 valence electrons. The van der Waals surface area contributed by atoms with Crippen molar-refractivity contribution in [3.63, 3.8) is 0 Å². The number of thiophene rings is 1. The molecule has 1 aromatic heterocycles.